The highest BCUT2D eigenvalue weighted by Crippen LogP contribution is 2.31. The molecule has 0 unspecified atom stereocenters. The van der Waals surface area contributed by atoms with E-state index in [0.29, 0.717) is 6.71 Å². The van der Waals surface area contributed by atoms with Gasteiger partial charge in [-0.15, -0.1) is 0 Å². The number of hydrogen-bond donors (Lipinski definition) is 0. The van der Waals surface area contributed by atoms with Gasteiger partial charge in [0, 0.05) is 5.39 Å². The van der Waals surface area contributed by atoms with Gasteiger partial charge in [0.2, 0.25) is 6.71 Å². The van der Waals surface area contributed by atoms with Gasteiger partial charge >= 0.3 is 0 Å². The highest BCUT2D eigenvalue weighted by molar-refractivity contribution is 6.86. The summed E-state index contributed by atoms with van der Waals surface area (Å²) in [4.78, 5) is 0. The van der Waals surface area contributed by atoms with Crippen LogP contribution in [0.3, 0.4) is 0 Å². The van der Waals surface area contributed by atoms with E-state index in [4.69, 9.17) is 4.74 Å². The largest absolute Gasteiger partial charge is 0.458 e. The zero-order chi connectivity index (χ0) is 12.8. The molecule has 0 radical (unpaired) electrons. The number of para-hydroxylation sites is 1. The molecule has 0 saturated heterocycles. The van der Waals surface area contributed by atoms with Crippen LogP contribution in [0.1, 0.15) is 0 Å². The molecular weight excluding hydrogens is 231 g/mol. The smallest absolute Gasteiger partial charge is 0.216 e. The Balaban J connectivity index is 2.02. The van der Waals surface area contributed by atoms with Crippen molar-refractivity contribution in [1.29, 1.82) is 0 Å². The van der Waals surface area contributed by atoms with Gasteiger partial charge in [0.1, 0.15) is 11.5 Å². The van der Waals surface area contributed by atoms with Crippen molar-refractivity contribution in [3.8, 4) is 11.5 Å². The molecule has 0 saturated carbocycles. The van der Waals surface area contributed by atoms with Crippen LogP contribution in [0.15, 0.2) is 60.7 Å². The molecule has 0 atom stereocenters. The van der Waals surface area contributed by atoms with Crippen LogP contribution in [0, 0.1) is 0 Å². The van der Waals surface area contributed by atoms with Gasteiger partial charge < -0.3 is 4.74 Å². The summed E-state index contributed by atoms with van der Waals surface area (Å²) in [5.41, 5.74) is 2.54. The normalized spacial score (nSPS) is 12.8. The van der Waals surface area contributed by atoms with Crippen LogP contribution < -0.4 is 15.7 Å². The minimum absolute atomic E-state index is 0.379. The summed E-state index contributed by atoms with van der Waals surface area (Å²) in [6, 6.07) is 21.1. The Morgan fingerprint density at radius 2 is 1.58 bits per heavy atom. The molecule has 0 fully saturated rings. The first kappa shape index (κ1) is 10.7. The molecule has 0 aliphatic carbocycles. The van der Waals surface area contributed by atoms with Gasteiger partial charge in [0.05, 0.1) is 0 Å². The summed E-state index contributed by atoms with van der Waals surface area (Å²) in [6.45, 7) is 2.62. The second kappa shape index (κ2) is 3.89. The summed E-state index contributed by atoms with van der Waals surface area (Å²) in [6.07, 6.45) is 0. The molecule has 3 aromatic carbocycles. The van der Waals surface area contributed by atoms with Crippen molar-refractivity contribution in [3.63, 3.8) is 0 Å². The summed E-state index contributed by atoms with van der Waals surface area (Å²) < 4.78 is 6.16. The van der Waals surface area contributed by atoms with Crippen molar-refractivity contribution in [2.75, 3.05) is 0 Å². The van der Waals surface area contributed by atoms with Gasteiger partial charge in [0.25, 0.3) is 0 Å². The third-order valence-corrected chi connectivity index (χ3v) is 3.97. The molecule has 0 N–H and O–H groups in total. The molecule has 3 aromatic rings. The number of ether oxygens (including phenoxy) is 1. The van der Waals surface area contributed by atoms with Gasteiger partial charge in [-0.3, -0.25) is 0 Å². The molecule has 0 spiro atoms. The summed E-state index contributed by atoms with van der Waals surface area (Å²) in [5.74, 6) is 2.00. The van der Waals surface area contributed by atoms with E-state index in [2.05, 4.69) is 61.4 Å². The zero-order valence-electron chi connectivity index (χ0n) is 10.8. The predicted octanol–water partition coefficient (Wildman–Crippen LogP) is 3.18. The Morgan fingerprint density at radius 3 is 2.53 bits per heavy atom. The van der Waals surface area contributed by atoms with Crippen LogP contribution in [0.2, 0.25) is 6.82 Å². The van der Waals surface area contributed by atoms with Crippen molar-refractivity contribution in [1.82, 2.24) is 0 Å². The van der Waals surface area contributed by atoms with E-state index in [1.165, 1.54) is 21.7 Å². The first-order chi connectivity index (χ1) is 9.34. The topological polar surface area (TPSA) is 9.23 Å². The van der Waals surface area contributed by atoms with Crippen molar-refractivity contribution < 1.29 is 4.74 Å². The van der Waals surface area contributed by atoms with Crippen LogP contribution in [0.5, 0.6) is 11.5 Å². The molecular formula is C17H13BO. The Labute approximate surface area is 112 Å². The predicted molar refractivity (Wildman–Crippen MR) is 81.4 cm³/mol. The maximum absolute atomic E-state index is 6.16. The van der Waals surface area contributed by atoms with Crippen molar-refractivity contribution in [2.24, 2.45) is 0 Å². The lowest BCUT2D eigenvalue weighted by atomic mass is 9.41. The van der Waals surface area contributed by atoms with E-state index in [0.717, 1.165) is 11.5 Å². The van der Waals surface area contributed by atoms with Gasteiger partial charge in [-0.25, -0.2) is 0 Å². The summed E-state index contributed by atoms with van der Waals surface area (Å²) in [7, 11) is 0. The molecule has 0 bridgehead atoms. The Kier molecular flexibility index (Phi) is 2.19. The van der Waals surface area contributed by atoms with E-state index in [-0.39, 0.29) is 0 Å². The second-order valence-corrected chi connectivity index (χ2v) is 5.07. The lowest BCUT2D eigenvalue weighted by Gasteiger charge is -2.25. The molecule has 1 heterocycles. The standard InChI is InChI=1S/C17H13BO/c1-18-14-8-4-5-9-16(14)19-17-13-7-3-2-6-12(13)10-11-15(17)18/h2-11H,1H3. The van der Waals surface area contributed by atoms with Crippen LogP contribution in [0.4, 0.5) is 0 Å². The van der Waals surface area contributed by atoms with Crippen LogP contribution in [-0.4, -0.2) is 6.71 Å². The maximum Gasteiger partial charge on any atom is 0.216 e. The molecule has 0 amide bonds. The molecule has 2 heteroatoms. The number of benzene rings is 3. The molecule has 0 aromatic heterocycles. The number of hydrogen-bond acceptors (Lipinski definition) is 1. The second-order valence-electron chi connectivity index (χ2n) is 5.07. The average molecular weight is 244 g/mol. The van der Waals surface area contributed by atoms with Crippen molar-refractivity contribution >= 4 is 28.4 Å². The van der Waals surface area contributed by atoms with E-state index in [1.54, 1.807) is 0 Å². The quantitative estimate of drug-likeness (QED) is 0.552. The zero-order valence-corrected chi connectivity index (χ0v) is 10.8. The number of fused-ring (bicyclic) bond motifs is 4. The Morgan fingerprint density at radius 1 is 0.789 bits per heavy atom. The summed E-state index contributed by atoms with van der Waals surface area (Å²) >= 11 is 0. The fourth-order valence-corrected chi connectivity index (χ4v) is 2.92. The fourth-order valence-electron chi connectivity index (χ4n) is 2.92. The number of rotatable bonds is 0. The third kappa shape index (κ3) is 1.50. The highest BCUT2D eigenvalue weighted by atomic mass is 16.5. The van der Waals surface area contributed by atoms with Crippen molar-refractivity contribution in [3.05, 3.63) is 60.7 Å². The van der Waals surface area contributed by atoms with Gasteiger partial charge in [-0.1, -0.05) is 61.4 Å². The maximum atomic E-state index is 6.16. The van der Waals surface area contributed by atoms with Gasteiger partial charge in [-0.2, -0.15) is 0 Å². The molecule has 1 aliphatic rings. The van der Waals surface area contributed by atoms with Crippen LogP contribution >= 0.6 is 0 Å². The molecule has 90 valence electrons. The molecule has 1 nitrogen and oxygen atoms in total. The minimum Gasteiger partial charge on any atom is -0.458 e. The van der Waals surface area contributed by atoms with Crippen molar-refractivity contribution in [2.45, 2.75) is 6.82 Å². The first-order valence-electron chi connectivity index (χ1n) is 6.63. The lowest BCUT2D eigenvalue weighted by Crippen LogP contribution is -2.43. The third-order valence-electron chi connectivity index (χ3n) is 3.97. The van der Waals surface area contributed by atoms with E-state index in [1.807, 2.05) is 6.07 Å². The van der Waals surface area contributed by atoms with Gasteiger partial charge in [0.15, 0.2) is 0 Å². The summed E-state index contributed by atoms with van der Waals surface area (Å²) in [5, 5.41) is 2.43. The Hall–Kier alpha value is -2.22. The molecule has 19 heavy (non-hydrogen) atoms. The lowest BCUT2D eigenvalue weighted by molar-refractivity contribution is 0.493. The minimum atomic E-state index is 0.379. The first-order valence-corrected chi connectivity index (χ1v) is 6.63. The SMILES string of the molecule is CB1c2ccccc2Oc2c1ccc1ccccc21. The van der Waals surface area contributed by atoms with E-state index < -0.39 is 0 Å². The average Bonchev–Trinajstić information content (AvgIpc) is 2.47. The monoisotopic (exact) mass is 244 g/mol. The van der Waals surface area contributed by atoms with E-state index in [9.17, 15) is 0 Å². The molecule has 4 rings (SSSR count). The molecule has 1 aliphatic heterocycles. The van der Waals surface area contributed by atoms with Crippen LogP contribution in [-0.2, 0) is 0 Å². The van der Waals surface area contributed by atoms with Gasteiger partial charge in [-0.05, 0) is 22.4 Å². The van der Waals surface area contributed by atoms with Crippen LogP contribution in [0.25, 0.3) is 10.8 Å². The Bertz CT molecular complexity index is 779. The van der Waals surface area contributed by atoms with E-state index >= 15 is 0 Å². The fraction of sp³-hybridized carbons (Fsp3) is 0.0588. The highest BCUT2D eigenvalue weighted by Gasteiger charge is 2.27.